The second-order valence-corrected chi connectivity index (χ2v) is 6.57. The number of nitrogens with one attached hydrogen (secondary N) is 1. The van der Waals surface area contributed by atoms with Crippen molar-refractivity contribution in [2.45, 2.75) is 12.8 Å². The summed E-state index contributed by atoms with van der Waals surface area (Å²) in [5.41, 5.74) is 4.33. The summed E-state index contributed by atoms with van der Waals surface area (Å²) in [5.74, 6) is 2.47. The van der Waals surface area contributed by atoms with Gasteiger partial charge in [-0.05, 0) is 30.7 Å². The van der Waals surface area contributed by atoms with Gasteiger partial charge >= 0.3 is 0 Å². The first-order valence-corrected chi connectivity index (χ1v) is 9.11. The summed E-state index contributed by atoms with van der Waals surface area (Å²) >= 11 is 0. The molecule has 0 saturated carbocycles. The van der Waals surface area contributed by atoms with E-state index in [1.165, 1.54) is 0 Å². The average Bonchev–Trinajstić information content (AvgIpc) is 3.35. The summed E-state index contributed by atoms with van der Waals surface area (Å²) in [4.78, 5) is 16.9. The van der Waals surface area contributed by atoms with Gasteiger partial charge in [0.05, 0.1) is 7.11 Å². The van der Waals surface area contributed by atoms with Gasteiger partial charge in [-0.25, -0.2) is 9.97 Å². The molecule has 0 radical (unpaired) electrons. The number of hydrogen-bond acceptors (Lipinski definition) is 5. The van der Waals surface area contributed by atoms with Crippen LogP contribution < -0.4 is 4.74 Å². The number of H-pyrrole nitrogens is 1. The molecule has 5 rings (SSSR count). The van der Waals surface area contributed by atoms with E-state index in [9.17, 15) is 0 Å². The molecule has 6 nitrogen and oxygen atoms in total. The minimum absolute atomic E-state index is 0.732. The van der Waals surface area contributed by atoms with E-state index in [0.29, 0.717) is 0 Å². The predicted octanol–water partition coefficient (Wildman–Crippen LogP) is 4.56. The quantitative estimate of drug-likeness (QED) is 0.491. The van der Waals surface area contributed by atoms with Crippen LogP contribution >= 0.6 is 0 Å². The predicted molar refractivity (Wildman–Crippen MR) is 107 cm³/mol. The third-order valence-corrected chi connectivity index (χ3v) is 4.77. The van der Waals surface area contributed by atoms with Crippen molar-refractivity contribution in [1.29, 1.82) is 0 Å². The Morgan fingerprint density at radius 3 is 2.79 bits per heavy atom. The number of hydrogen-bond donors (Lipinski definition) is 1. The first-order chi connectivity index (χ1) is 13.8. The molecule has 0 unspecified atom stereocenters. The largest absolute Gasteiger partial charge is 0.497 e. The van der Waals surface area contributed by atoms with Crippen molar-refractivity contribution >= 4 is 22.1 Å². The van der Waals surface area contributed by atoms with E-state index in [2.05, 4.69) is 15.0 Å². The third kappa shape index (κ3) is 2.99. The number of rotatable bonds is 5. The first-order valence-electron chi connectivity index (χ1n) is 9.11. The zero-order chi connectivity index (χ0) is 18.9. The van der Waals surface area contributed by atoms with E-state index in [4.69, 9.17) is 14.1 Å². The minimum atomic E-state index is 0.732. The highest BCUT2D eigenvalue weighted by molar-refractivity contribution is 5.92. The van der Waals surface area contributed by atoms with Crippen molar-refractivity contribution in [3.8, 4) is 17.1 Å². The van der Waals surface area contributed by atoms with Crippen LogP contribution in [0.3, 0.4) is 0 Å². The van der Waals surface area contributed by atoms with Crippen molar-refractivity contribution in [3.63, 3.8) is 0 Å². The summed E-state index contributed by atoms with van der Waals surface area (Å²) in [6, 6.07) is 15.7. The van der Waals surface area contributed by atoms with E-state index >= 15 is 0 Å². The molecule has 1 N–H and O–H groups in total. The van der Waals surface area contributed by atoms with Crippen molar-refractivity contribution in [3.05, 3.63) is 72.4 Å². The number of aromatic nitrogens is 4. The summed E-state index contributed by atoms with van der Waals surface area (Å²) in [6.45, 7) is 0. The van der Waals surface area contributed by atoms with Gasteiger partial charge in [-0.15, -0.1) is 0 Å². The van der Waals surface area contributed by atoms with Gasteiger partial charge in [0.15, 0.2) is 5.65 Å². The van der Waals surface area contributed by atoms with Crippen LogP contribution in [-0.2, 0) is 12.8 Å². The van der Waals surface area contributed by atoms with Gasteiger partial charge in [0.2, 0.25) is 0 Å². The molecule has 0 aliphatic rings. The standard InChI is InChI=1S/C22H18N4O2/c1-27-16-8-10-23-15(13-16)6-7-20-25-21-17(9-11-24-22(21)26-20)19-12-14-4-2-3-5-18(14)28-19/h2-5,8-13H,6-7H2,1H3,(H,24,25,26). The third-order valence-electron chi connectivity index (χ3n) is 4.77. The fraction of sp³-hybridized carbons (Fsp3) is 0.136. The molecule has 0 aliphatic heterocycles. The Morgan fingerprint density at radius 2 is 1.89 bits per heavy atom. The van der Waals surface area contributed by atoms with Gasteiger partial charge in [-0.3, -0.25) is 4.98 Å². The van der Waals surface area contributed by atoms with E-state index in [1.807, 2.05) is 48.5 Å². The zero-order valence-electron chi connectivity index (χ0n) is 15.3. The van der Waals surface area contributed by atoms with Crippen LogP contribution in [0.15, 0.2) is 65.3 Å². The number of nitrogens with zero attached hydrogens (tertiary/aromatic N) is 3. The van der Waals surface area contributed by atoms with Crippen molar-refractivity contribution in [1.82, 2.24) is 19.9 Å². The SMILES string of the molecule is COc1ccnc(CCc2nc3c(-c4cc5ccccc5o4)ccnc3[nH]2)c1. The number of furan rings is 1. The number of aryl methyl sites for hydroxylation is 2. The van der Waals surface area contributed by atoms with E-state index in [0.717, 1.165) is 63.6 Å². The van der Waals surface area contributed by atoms with Crippen LogP contribution in [0.1, 0.15) is 11.5 Å². The number of fused-ring (bicyclic) bond motifs is 2. The highest BCUT2D eigenvalue weighted by Gasteiger charge is 2.14. The number of ether oxygens (including phenoxy) is 1. The maximum atomic E-state index is 6.02. The molecule has 1 aromatic carbocycles. The van der Waals surface area contributed by atoms with Gasteiger partial charge in [0.25, 0.3) is 0 Å². The molecule has 0 saturated heterocycles. The molecule has 138 valence electrons. The van der Waals surface area contributed by atoms with Gasteiger partial charge in [0, 0.05) is 41.5 Å². The van der Waals surface area contributed by atoms with E-state index in [1.54, 1.807) is 19.5 Å². The molecule has 0 fully saturated rings. The maximum absolute atomic E-state index is 6.02. The minimum Gasteiger partial charge on any atom is -0.497 e. The molecular formula is C22H18N4O2. The molecule has 28 heavy (non-hydrogen) atoms. The van der Waals surface area contributed by atoms with Gasteiger partial charge in [0.1, 0.15) is 28.4 Å². The maximum Gasteiger partial charge on any atom is 0.158 e. The Labute approximate surface area is 161 Å². The summed E-state index contributed by atoms with van der Waals surface area (Å²) in [7, 11) is 1.66. The lowest BCUT2D eigenvalue weighted by molar-refractivity contribution is 0.413. The molecular weight excluding hydrogens is 352 g/mol. The molecule has 4 heterocycles. The fourth-order valence-electron chi connectivity index (χ4n) is 3.36. The lowest BCUT2D eigenvalue weighted by Gasteiger charge is -2.02. The van der Waals surface area contributed by atoms with Crippen molar-refractivity contribution < 1.29 is 9.15 Å². The van der Waals surface area contributed by atoms with Crippen LogP contribution in [-0.4, -0.2) is 27.0 Å². The molecule has 0 aliphatic carbocycles. The highest BCUT2D eigenvalue weighted by atomic mass is 16.5. The average molecular weight is 370 g/mol. The Bertz CT molecular complexity index is 1240. The Balaban J connectivity index is 1.47. The van der Waals surface area contributed by atoms with Crippen LogP contribution in [0.25, 0.3) is 33.5 Å². The lowest BCUT2D eigenvalue weighted by Crippen LogP contribution is -1.96. The van der Waals surface area contributed by atoms with Gasteiger partial charge in [-0.2, -0.15) is 0 Å². The smallest absolute Gasteiger partial charge is 0.158 e. The Hall–Kier alpha value is -3.67. The molecule has 0 amide bonds. The summed E-state index contributed by atoms with van der Waals surface area (Å²) < 4.78 is 11.3. The van der Waals surface area contributed by atoms with Crippen LogP contribution in [0.4, 0.5) is 0 Å². The molecule has 0 bridgehead atoms. The monoisotopic (exact) mass is 370 g/mol. The van der Waals surface area contributed by atoms with E-state index < -0.39 is 0 Å². The van der Waals surface area contributed by atoms with Crippen LogP contribution in [0.5, 0.6) is 5.75 Å². The first kappa shape index (κ1) is 16.5. The number of para-hydroxylation sites is 1. The topological polar surface area (TPSA) is 76.8 Å². The normalized spacial score (nSPS) is 11.3. The van der Waals surface area contributed by atoms with Crippen LogP contribution in [0.2, 0.25) is 0 Å². The molecule has 0 atom stereocenters. The Kier molecular flexibility index (Phi) is 4.01. The highest BCUT2D eigenvalue weighted by Crippen LogP contribution is 2.31. The second kappa shape index (κ2) is 6.81. The number of imidazole rings is 1. The number of methoxy groups -OCH3 is 1. The molecule has 4 aromatic heterocycles. The zero-order valence-corrected chi connectivity index (χ0v) is 15.3. The van der Waals surface area contributed by atoms with Gasteiger partial charge < -0.3 is 14.1 Å². The number of pyridine rings is 2. The lowest BCUT2D eigenvalue weighted by atomic mass is 10.1. The van der Waals surface area contributed by atoms with Crippen LogP contribution in [0, 0.1) is 0 Å². The van der Waals surface area contributed by atoms with Gasteiger partial charge in [-0.1, -0.05) is 18.2 Å². The number of aromatic amines is 1. The summed E-state index contributed by atoms with van der Waals surface area (Å²) in [5, 5.41) is 1.07. The summed E-state index contributed by atoms with van der Waals surface area (Å²) in [6.07, 6.45) is 5.03. The van der Waals surface area contributed by atoms with Crippen molar-refractivity contribution in [2.75, 3.05) is 7.11 Å². The van der Waals surface area contributed by atoms with E-state index in [-0.39, 0.29) is 0 Å². The number of benzene rings is 1. The van der Waals surface area contributed by atoms with Crippen molar-refractivity contribution in [2.24, 2.45) is 0 Å². The molecule has 0 spiro atoms. The second-order valence-electron chi connectivity index (χ2n) is 6.57. The molecule has 6 heteroatoms. The molecule has 5 aromatic rings. The Morgan fingerprint density at radius 1 is 1.00 bits per heavy atom. The fourth-order valence-corrected chi connectivity index (χ4v) is 3.36.